The molecule has 0 aromatic carbocycles. The average molecular weight is 168 g/mol. The molecule has 0 saturated heterocycles. The molecular formula is C6H3N5Na. The second-order valence-corrected chi connectivity index (χ2v) is 1.94. The van der Waals surface area contributed by atoms with Crippen molar-refractivity contribution in [3.05, 3.63) is 18.3 Å². The van der Waals surface area contributed by atoms with Crippen molar-refractivity contribution in [2.24, 2.45) is 0 Å². The molecule has 0 bridgehead atoms. The Morgan fingerprint density at radius 3 is 2.92 bits per heavy atom. The van der Waals surface area contributed by atoms with Crippen molar-refractivity contribution in [1.29, 1.82) is 5.26 Å². The van der Waals surface area contributed by atoms with E-state index in [9.17, 15) is 0 Å². The van der Waals surface area contributed by atoms with E-state index < -0.39 is 0 Å². The molecule has 1 N–H and O–H groups in total. The van der Waals surface area contributed by atoms with E-state index >= 15 is 0 Å². The van der Waals surface area contributed by atoms with Crippen LogP contribution in [-0.4, -0.2) is 49.5 Å². The first-order valence-electron chi connectivity index (χ1n) is 2.96. The molecule has 12 heavy (non-hydrogen) atoms. The minimum Gasteiger partial charge on any atom is -0.341 e. The van der Waals surface area contributed by atoms with Crippen LogP contribution in [-0.2, 0) is 0 Å². The monoisotopic (exact) mass is 168 g/mol. The molecule has 0 aliphatic carbocycles. The summed E-state index contributed by atoms with van der Waals surface area (Å²) in [5, 5.41) is 8.57. The molecule has 2 heterocycles. The number of imidazole rings is 1. The molecule has 0 aliphatic heterocycles. The molecule has 6 heteroatoms. The number of nitriles is 1. The smallest absolute Gasteiger partial charge is 0.181 e. The van der Waals surface area contributed by atoms with E-state index in [1.54, 1.807) is 0 Å². The van der Waals surface area contributed by atoms with E-state index in [2.05, 4.69) is 19.9 Å². The maximum absolute atomic E-state index is 8.57. The number of hydrogen-bond acceptors (Lipinski definition) is 4. The van der Waals surface area contributed by atoms with Crippen LogP contribution in [0.25, 0.3) is 11.2 Å². The number of aromatic amines is 1. The summed E-state index contributed by atoms with van der Waals surface area (Å²) in [6, 6.07) is 1.93. The Morgan fingerprint density at radius 1 is 1.33 bits per heavy atom. The maximum atomic E-state index is 8.57. The molecule has 1 radical (unpaired) electrons. The fourth-order valence-corrected chi connectivity index (χ4v) is 0.850. The molecule has 0 aliphatic rings. The predicted molar refractivity (Wildman–Crippen MR) is 42.2 cm³/mol. The molecule has 0 atom stereocenters. The quantitative estimate of drug-likeness (QED) is 0.554. The summed E-state index contributed by atoms with van der Waals surface area (Å²) < 4.78 is 0. The van der Waals surface area contributed by atoms with Crippen LogP contribution in [0.4, 0.5) is 0 Å². The number of H-pyrrole nitrogens is 1. The van der Waals surface area contributed by atoms with Crippen LogP contribution in [0.5, 0.6) is 0 Å². The summed E-state index contributed by atoms with van der Waals surface area (Å²) in [5.74, 6) is 0. The van der Waals surface area contributed by atoms with Crippen molar-refractivity contribution >= 4 is 40.7 Å². The molecule has 0 fully saturated rings. The van der Waals surface area contributed by atoms with E-state index in [0.717, 1.165) is 0 Å². The van der Waals surface area contributed by atoms with Crippen LogP contribution >= 0.6 is 0 Å². The number of nitrogens with one attached hydrogen (secondary N) is 1. The second-order valence-electron chi connectivity index (χ2n) is 1.94. The first-order chi connectivity index (χ1) is 5.42. The van der Waals surface area contributed by atoms with Crippen molar-refractivity contribution in [3.8, 4) is 6.07 Å². The third-order valence-electron chi connectivity index (χ3n) is 1.33. The Balaban J connectivity index is 0.000000720. The molecule has 0 unspecified atom stereocenters. The Kier molecular flexibility index (Phi) is 2.76. The average Bonchev–Trinajstić information content (AvgIpc) is 2.50. The van der Waals surface area contributed by atoms with Gasteiger partial charge in [-0.1, -0.05) is 0 Å². The first kappa shape index (κ1) is 9.13. The van der Waals surface area contributed by atoms with Gasteiger partial charge >= 0.3 is 0 Å². The summed E-state index contributed by atoms with van der Waals surface area (Å²) >= 11 is 0. The third kappa shape index (κ3) is 1.32. The number of rotatable bonds is 0. The van der Waals surface area contributed by atoms with Crippen molar-refractivity contribution < 1.29 is 0 Å². The van der Waals surface area contributed by atoms with Gasteiger partial charge in [-0.2, -0.15) is 5.26 Å². The first-order valence-corrected chi connectivity index (χ1v) is 2.96. The minimum absolute atomic E-state index is 0. The van der Waals surface area contributed by atoms with E-state index in [1.807, 2.05) is 6.07 Å². The summed E-state index contributed by atoms with van der Waals surface area (Å²) in [6.07, 6.45) is 2.81. The Hall–Kier alpha value is -0.960. The number of nitrogens with zero attached hydrogens (tertiary/aromatic N) is 4. The van der Waals surface area contributed by atoms with Gasteiger partial charge in [-0.05, 0) is 0 Å². The topological polar surface area (TPSA) is 78.2 Å². The van der Waals surface area contributed by atoms with Crippen LogP contribution < -0.4 is 0 Å². The van der Waals surface area contributed by atoms with Crippen molar-refractivity contribution in [2.45, 2.75) is 0 Å². The van der Waals surface area contributed by atoms with E-state index in [0.29, 0.717) is 16.9 Å². The van der Waals surface area contributed by atoms with Gasteiger partial charge in [0, 0.05) is 29.6 Å². The van der Waals surface area contributed by atoms with Gasteiger partial charge in [0.1, 0.15) is 17.9 Å². The van der Waals surface area contributed by atoms with Gasteiger partial charge in [0.05, 0.1) is 6.33 Å². The normalized spacial score (nSPS) is 8.92. The van der Waals surface area contributed by atoms with Crippen molar-refractivity contribution in [2.75, 3.05) is 0 Å². The van der Waals surface area contributed by atoms with Gasteiger partial charge in [0.15, 0.2) is 11.3 Å². The largest absolute Gasteiger partial charge is 0.341 e. The summed E-state index contributed by atoms with van der Waals surface area (Å²) in [4.78, 5) is 14.2. The molecule has 0 spiro atoms. The predicted octanol–water partition coefficient (Wildman–Crippen LogP) is -0.156. The molecule has 0 amide bonds. The van der Waals surface area contributed by atoms with E-state index in [1.165, 1.54) is 12.7 Å². The molecule has 53 valence electrons. The molecular weight excluding hydrogens is 165 g/mol. The minimum atomic E-state index is 0. The standard InChI is InChI=1S/C6H3N5.Na/c7-1-4-5-6(10-2-8-4)11-3-9-5;/h2-3H,(H,8,9,10,11);. The Bertz CT molecular complexity index is 429. The SMILES string of the molecule is N#Cc1ncnc2nc[nH]c12.[Na]. The maximum Gasteiger partial charge on any atom is 0.181 e. The van der Waals surface area contributed by atoms with Crippen molar-refractivity contribution in [1.82, 2.24) is 19.9 Å². The molecule has 5 nitrogen and oxygen atoms in total. The second kappa shape index (κ2) is 3.63. The molecule has 2 rings (SSSR count). The molecule has 0 saturated carbocycles. The fraction of sp³-hybridized carbons (Fsp3) is 0. The van der Waals surface area contributed by atoms with E-state index in [-0.39, 0.29) is 29.6 Å². The van der Waals surface area contributed by atoms with Gasteiger partial charge < -0.3 is 4.98 Å². The van der Waals surface area contributed by atoms with E-state index in [4.69, 9.17) is 5.26 Å². The summed E-state index contributed by atoms with van der Waals surface area (Å²) in [5.41, 5.74) is 1.44. The molecule has 2 aromatic rings. The Labute approximate surface area is 90.2 Å². The van der Waals surface area contributed by atoms with Gasteiger partial charge in [0.2, 0.25) is 0 Å². The van der Waals surface area contributed by atoms with Gasteiger partial charge in [-0.3, -0.25) is 0 Å². The third-order valence-corrected chi connectivity index (χ3v) is 1.33. The van der Waals surface area contributed by atoms with Crippen LogP contribution in [0.15, 0.2) is 12.7 Å². The molecule has 2 aromatic heterocycles. The summed E-state index contributed by atoms with van der Waals surface area (Å²) in [6.45, 7) is 0. The number of hydrogen-bond donors (Lipinski definition) is 1. The van der Waals surface area contributed by atoms with Crippen LogP contribution in [0.2, 0.25) is 0 Å². The fourth-order valence-electron chi connectivity index (χ4n) is 0.850. The van der Waals surface area contributed by atoms with Gasteiger partial charge in [-0.25, -0.2) is 15.0 Å². The zero-order valence-corrected chi connectivity index (χ0v) is 8.44. The Morgan fingerprint density at radius 2 is 2.17 bits per heavy atom. The number of fused-ring (bicyclic) bond motifs is 1. The number of aromatic nitrogens is 4. The van der Waals surface area contributed by atoms with Crippen LogP contribution in [0, 0.1) is 11.3 Å². The van der Waals surface area contributed by atoms with Crippen LogP contribution in [0.3, 0.4) is 0 Å². The van der Waals surface area contributed by atoms with Gasteiger partial charge in [-0.15, -0.1) is 0 Å². The van der Waals surface area contributed by atoms with Crippen molar-refractivity contribution in [3.63, 3.8) is 0 Å². The van der Waals surface area contributed by atoms with Crippen LogP contribution in [0.1, 0.15) is 5.69 Å². The zero-order chi connectivity index (χ0) is 7.68. The van der Waals surface area contributed by atoms with Gasteiger partial charge in [0.25, 0.3) is 0 Å². The summed E-state index contributed by atoms with van der Waals surface area (Å²) in [7, 11) is 0. The zero-order valence-electron chi connectivity index (χ0n) is 6.44.